The van der Waals surface area contributed by atoms with Crippen molar-refractivity contribution in [3.63, 3.8) is 0 Å². The van der Waals surface area contributed by atoms with Gasteiger partial charge in [-0.25, -0.2) is 0 Å². The summed E-state index contributed by atoms with van der Waals surface area (Å²) in [5, 5.41) is 17.1. The molecule has 0 aromatic heterocycles. The van der Waals surface area contributed by atoms with Gasteiger partial charge in [-0.1, -0.05) is 18.2 Å². The maximum absolute atomic E-state index is 10.6. The summed E-state index contributed by atoms with van der Waals surface area (Å²) in [6.45, 7) is 3.53. The molecule has 8 heteroatoms. The van der Waals surface area contributed by atoms with Crippen molar-refractivity contribution in [2.75, 3.05) is 33.9 Å². The summed E-state index contributed by atoms with van der Waals surface area (Å²) in [5.74, 6) is 2.84. The van der Waals surface area contributed by atoms with Crippen molar-refractivity contribution in [2.45, 2.75) is 25.6 Å². The molecule has 0 aliphatic carbocycles. The van der Waals surface area contributed by atoms with Gasteiger partial charge in [0, 0.05) is 18.5 Å². The number of benzene rings is 2. The number of aliphatic imine (C=N–C) groups is 1. The largest absolute Gasteiger partial charge is 0.497 e. The van der Waals surface area contributed by atoms with E-state index in [1.165, 1.54) is 5.56 Å². The molecule has 2 aromatic carbocycles. The van der Waals surface area contributed by atoms with Crippen LogP contribution in [0, 0.1) is 0 Å². The molecule has 1 heterocycles. The fourth-order valence-electron chi connectivity index (χ4n) is 3.30. The van der Waals surface area contributed by atoms with Crippen LogP contribution in [0.1, 0.15) is 24.2 Å². The highest BCUT2D eigenvalue weighted by Crippen LogP contribution is 2.30. The van der Waals surface area contributed by atoms with Crippen LogP contribution >= 0.6 is 24.0 Å². The first-order valence-corrected chi connectivity index (χ1v) is 9.81. The van der Waals surface area contributed by atoms with Crippen molar-refractivity contribution in [1.29, 1.82) is 0 Å². The Morgan fingerprint density at radius 2 is 2.00 bits per heavy atom. The molecule has 7 nitrogen and oxygen atoms in total. The van der Waals surface area contributed by atoms with Crippen molar-refractivity contribution in [3.05, 3.63) is 53.6 Å². The zero-order valence-corrected chi connectivity index (χ0v) is 19.9. The SMILES string of the molecule is CCNC(=NCC(O)c1cc(OC)ccc1OC)NCC1Cc2ccccc2O1.I. The lowest BCUT2D eigenvalue weighted by atomic mass is 10.1. The molecular formula is C22H30IN3O4. The van der Waals surface area contributed by atoms with Gasteiger partial charge in [-0.15, -0.1) is 24.0 Å². The summed E-state index contributed by atoms with van der Waals surface area (Å²) < 4.78 is 16.6. The Morgan fingerprint density at radius 3 is 2.70 bits per heavy atom. The number of aliphatic hydroxyl groups excluding tert-OH is 1. The zero-order chi connectivity index (χ0) is 20.6. The van der Waals surface area contributed by atoms with E-state index in [1.54, 1.807) is 32.4 Å². The predicted molar refractivity (Wildman–Crippen MR) is 128 cm³/mol. The van der Waals surface area contributed by atoms with Gasteiger partial charge >= 0.3 is 0 Å². The molecule has 2 atom stereocenters. The van der Waals surface area contributed by atoms with E-state index in [9.17, 15) is 5.11 Å². The highest BCUT2D eigenvalue weighted by atomic mass is 127. The summed E-state index contributed by atoms with van der Waals surface area (Å²) in [7, 11) is 3.17. The van der Waals surface area contributed by atoms with Crippen molar-refractivity contribution in [1.82, 2.24) is 10.6 Å². The number of guanidine groups is 1. The smallest absolute Gasteiger partial charge is 0.191 e. The van der Waals surface area contributed by atoms with Gasteiger partial charge in [-0.2, -0.15) is 0 Å². The van der Waals surface area contributed by atoms with Crippen LogP contribution in [-0.4, -0.2) is 51.0 Å². The van der Waals surface area contributed by atoms with Crippen molar-refractivity contribution >= 4 is 29.9 Å². The van der Waals surface area contributed by atoms with Gasteiger partial charge in [-0.05, 0) is 36.8 Å². The molecule has 2 unspecified atom stereocenters. The lowest BCUT2D eigenvalue weighted by Gasteiger charge is -2.17. The van der Waals surface area contributed by atoms with Gasteiger partial charge in [-0.3, -0.25) is 4.99 Å². The number of rotatable bonds is 8. The highest BCUT2D eigenvalue weighted by molar-refractivity contribution is 14.0. The van der Waals surface area contributed by atoms with E-state index >= 15 is 0 Å². The van der Waals surface area contributed by atoms with E-state index in [4.69, 9.17) is 14.2 Å². The Hall–Kier alpha value is -2.20. The number of hydrogen-bond donors (Lipinski definition) is 3. The number of fused-ring (bicyclic) bond motifs is 1. The number of nitrogens with zero attached hydrogens (tertiary/aromatic N) is 1. The Balaban J connectivity index is 0.00000320. The number of para-hydroxylation sites is 1. The zero-order valence-electron chi connectivity index (χ0n) is 17.6. The second-order valence-electron chi connectivity index (χ2n) is 6.78. The lowest BCUT2D eigenvalue weighted by Crippen LogP contribution is -2.42. The number of aliphatic hydroxyl groups is 1. The van der Waals surface area contributed by atoms with Crippen LogP contribution in [0.25, 0.3) is 0 Å². The molecule has 0 saturated carbocycles. The minimum atomic E-state index is -0.817. The van der Waals surface area contributed by atoms with Gasteiger partial charge in [0.25, 0.3) is 0 Å². The summed E-state index contributed by atoms with van der Waals surface area (Å²) in [4.78, 5) is 4.52. The Bertz CT molecular complexity index is 822. The third kappa shape index (κ3) is 6.15. The molecule has 1 aliphatic rings. The maximum atomic E-state index is 10.6. The van der Waals surface area contributed by atoms with E-state index in [-0.39, 0.29) is 36.6 Å². The van der Waals surface area contributed by atoms with Crippen LogP contribution in [0.2, 0.25) is 0 Å². The summed E-state index contributed by atoms with van der Waals surface area (Å²) >= 11 is 0. The third-order valence-electron chi connectivity index (χ3n) is 4.77. The third-order valence-corrected chi connectivity index (χ3v) is 4.77. The van der Waals surface area contributed by atoms with E-state index in [0.717, 1.165) is 18.7 Å². The second kappa shape index (κ2) is 11.8. The molecule has 0 fully saturated rings. The molecule has 3 rings (SSSR count). The topological polar surface area (TPSA) is 84.3 Å². The minimum absolute atomic E-state index is 0. The number of hydrogen-bond acceptors (Lipinski definition) is 5. The van der Waals surface area contributed by atoms with Crippen LogP contribution in [0.5, 0.6) is 17.2 Å². The number of ether oxygens (including phenoxy) is 3. The molecule has 2 aromatic rings. The molecule has 0 bridgehead atoms. The standard InChI is InChI=1S/C22H29N3O4.HI/c1-4-23-22(24-13-17-11-15-7-5-6-8-20(15)29-17)25-14-19(26)18-12-16(27-2)9-10-21(18)28-3;/h5-10,12,17,19,26H,4,11,13-14H2,1-3H3,(H2,23,24,25);1H. The van der Waals surface area contributed by atoms with Gasteiger partial charge < -0.3 is 30.0 Å². The Kier molecular flexibility index (Phi) is 9.51. The van der Waals surface area contributed by atoms with Gasteiger partial charge in [0.2, 0.25) is 0 Å². The van der Waals surface area contributed by atoms with Crippen LogP contribution in [0.3, 0.4) is 0 Å². The average molecular weight is 527 g/mol. The number of nitrogens with one attached hydrogen (secondary N) is 2. The van der Waals surface area contributed by atoms with Gasteiger partial charge in [0.1, 0.15) is 29.5 Å². The molecule has 3 N–H and O–H groups in total. The van der Waals surface area contributed by atoms with Crippen molar-refractivity contribution < 1.29 is 19.3 Å². The molecular weight excluding hydrogens is 497 g/mol. The van der Waals surface area contributed by atoms with Crippen LogP contribution in [0.15, 0.2) is 47.5 Å². The quantitative estimate of drug-likeness (QED) is 0.278. The second-order valence-corrected chi connectivity index (χ2v) is 6.78. The lowest BCUT2D eigenvalue weighted by molar-refractivity contribution is 0.182. The maximum Gasteiger partial charge on any atom is 0.191 e. The molecule has 1 aliphatic heterocycles. The summed E-state index contributed by atoms with van der Waals surface area (Å²) in [6, 6.07) is 13.4. The normalized spacial score (nSPS) is 16.0. The fraction of sp³-hybridized carbons (Fsp3) is 0.409. The predicted octanol–water partition coefficient (Wildman–Crippen LogP) is 2.91. The van der Waals surface area contributed by atoms with Crippen LogP contribution < -0.4 is 24.8 Å². The van der Waals surface area contributed by atoms with Crippen molar-refractivity contribution in [3.8, 4) is 17.2 Å². The van der Waals surface area contributed by atoms with Crippen molar-refractivity contribution in [2.24, 2.45) is 4.99 Å². The van der Waals surface area contributed by atoms with Gasteiger partial charge in [0.05, 0.1) is 27.3 Å². The first-order chi connectivity index (χ1) is 14.1. The molecule has 0 saturated heterocycles. The van der Waals surface area contributed by atoms with Crippen LogP contribution in [0.4, 0.5) is 0 Å². The average Bonchev–Trinajstić information content (AvgIpc) is 3.18. The first kappa shape index (κ1) is 24.1. The number of methoxy groups -OCH3 is 2. The van der Waals surface area contributed by atoms with E-state index in [0.29, 0.717) is 29.6 Å². The fourth-order valence-corrected chi connectivity index (χ4v) is 3.30. The van der Waals surface area contributed by atoms with E-state index < -0.39 is 6.10 Å². The van der Waals surface area contributed by atoms with Crippen LogP contribution in [-0.2, 0) is 6.42 Å². The molecule has 0 spiro atoms. The van der Waals surface area contributed by atoms with Gasteiger partial charge in [0.15, 0.2) is 5.96 Å². The summed E-state index contributed by atoms with van der Waals surface area (Å²) in [6.07, 6.45) is 0.105. The monoisotopic (exact) mass is 527 g/mol. The number of halogens is 1. The molecule has 30 heavy (non-hydrogen) atoms. The van der Waals surface area contributed by atoms with E-state index in [1.807, 2.05) is 25.1 Å². The molecule has 0 radical (unpaired) electrons. The first-order valence-electron chi connectivity index (χ1n) is 9.81. The Morgan fingerprint density at radius 1 is 1.20 bits per heavy atom. The summed E-state index contributed by atoms with van der Waals surface area (Å²) in [5.41, 5.74) is 1.86. The molecule has 0 amide bonds. The minimum Gasteiger partial charge on any atom is -0.497 e. The molecule has 164 valence electrons. The Labute approximate surface area is 194 Å². The van der Waals surface area contributed by atoms with E-state index in [2.05, 4.69) is 21.7 Å². The highest BCUT2D eigenvalue weighted by Gasteiger charge is 2.22.